The molecule has 0 atom stereocenters. The topological polar surface area (TPSA) is 52.6 Å². The second-order valence-electron chi connectivity index (χ2n) is 3.55. The SMILES string of the molecule is C=C(C)CCC(C(=O)OCC)C(=O)OCC. The number of hydrogen-bond donors (Lipinski definition) is 0. The van der Waals surface area contributed by atoms with Gasteiger partial charge < -0.3 is 9.47 Å². The van der Waals surface area contributed by atoms with Gasteiger partial charge in [0.1, 0.15) is 0 Å². The molecule has 0 aliphatic carbocycles. The van der Waals surface area contributed by atoms with Crippen LogP contribution < -0.4 is 0 Å². The highest BCUT2D eigenvalue weighted by Gasteiger charge is 2.28. The Labute approximate surface area is 96.6 Å². The highest BCUT2D eigenvalue weighted by Crippen LogP contribution is 2.14. The first kappa shape index (κ1) is 14.7. The summed E-state index contributed by atoms with van der Waals surface area (Å²) in [4.78, 5) is 23.0. The molecule has 0 aliphatic rings. The van der Waals surface area contributed by atoms with Crippen LogP contribution in [-0.4, -0.2) is 25.2 Å². The second kappa shape index (κ2) is 7.91. The number of carbonyl (C=O) groups is 2. The lowest BCUT2D eigenvalue weighted by molar-refractivity contribution is -0.161. The monoisotopic (exact) mass is 228 g/mol. The van der Waals surface area contributed by atoms with Crippen molar-refractivity contribution in [3.05, 3.63) is 12.2 Å². The average molecular weight is 228 g/mol. The van der Waals surface area contributed by atoms with Crippen molar-refractivity contribution in [2.75, 3.05) is 13.2 Å². The molecule has 0 rings (SSSR count). The Bertz CT molecular complexity index is 240. The maximum atomic E-state index is 11.5. The van der Waals surface area contributed by atoms with Gasteiger partial charge in [-0.1, -0.05) is 5.57 Å². The molecule has 0 saturated carbocycles. The van der Waals surface area contributed by atoms with E-state index in [9.17, 15) is 9.59 Å². The van der Waals surface area contributed by atoms with Gasteiger partial charge in [0, 0.05) is 0 Å². The van der Waals surface area contributed by atoms with Crippen LogP contribution in [0, 0.1) is 5.92 Å². The van der Waals surface area contributed by atoms with E-state index in [4.69, 9.17) is 9.47 Å². The van der Waals surface area contributed by atoms with E-state index in [1.807, 2.05) is 6.92 Å². The fourth-order valence-electron chi connectivity index (χ4n) is 1.21. The van der Waals surface area contributed by atoms with Gasteiger partial charge in [-0.05, 0) is 33.6 Å². The van der Waals surface area contributed by atoms with Crippen LogP contribution in [0.1, 0.15) is 33.6 Å². The minimum atomic E-state index is -0.823. The predicted molar refractivity (Wildman–Crippen MR) is 60.8 cm³/mol. The van der Waals surface area contributed by atoms with Crippen molar-refractivity contribution < 1.29 is 19.1 Å². The molecule has 92 valence electrons. The highest BCUT2D eigenvalue weighted by atomic mass is 16.6. The lowest BCUT2D eigenvalue weighted by Crippen LogP contribution is -2.28. The highest BCUT2D eigenvalue weighted by molar-refractivity contribution is 5.94. The van der Waals surface area contributed by atoms with Gasteiger partial charge in [0.05, 0.1) is 13.2 Å². The zero-order valence-electron chi connectivity index (χ0n) is 10.2. The van der Waals surface area contributed by atoms with E-state index < -0.39 is 17.9 Å². The molecule has 4 heteroatoms. The number of ether oxygens (including phenoxy) is 2. The van der Waals surface area contributed by atoms with E-state index in [0.717, 1.165) is 5.57 Å². The van der Waals surface area contributed by atoms with Gasteiger partial charge in [0.15, 0.2) is 5.92 Å². The molecule has 0 N–H and O–H groups in total. The van der Waals surface area contributed by atoms with Crippen molar-refractivity contribution in [3.8, 4) is 0 Å². The lowest BCUT2D eigenvalue weighted by Gasteiger charge is -2.13. The number of carbonyl (C=O) groups excluding carboxylic acids is 2. The Morgan fingerprint density at radius 1 is 1.12 bits per heavy atom. The van der Waals surface area contributed by atoms with Crippen molar-refractivity contribution in [2.45, 2.75) is 33.6 Å². The third kappa shape index (κ3) is 5.53. The Morgan fingerprint density at radius 3 is 1.88 bits per heavy atom. The van der Waals surface area contributed by atoms with E-state index in [-0.39, 0.29) is 13.2 Å². The van der Waals surface area contributed by atoms with E-state index in [0.29, 0.717) is 12.8 Å². The molecule has 0 saturated heterocycles. The molecule has 0 aromatic carbocycles. The minimum absolute atomic E-state index is 0.266. The Kier molecular flexibility index (Phi) is 7.25. The van der Waals surface area contributed by atoms with Crippen LogP contribution in [0.2, 0.25) is 0 Å². The van der Waals surface area contributed by atoms with Crippen LogP contribution in [0.15, 0.2) is 12.2 Å². The Balaban J connectivity index is 4.42. The summed E-state index contributed by atoms with van der Waals surface area (Å²) in [6, 6.07) is 0. The maximum Gasteiger partial charge on any atom is 0.320 e. The first-order valence-electron chi connectivity index (χ1n) is 5.50. The zero-order valence-corrected chi connectivity index (χ0v) is 10.2. The molecule has 0 unspecified atom stereocenters. The molecular weight excluding hydrogens is 208 g/mol. The molecule has 0 radical (unpaired) electrons. The maximum absolute atomic E-state index is 11.5. The van der Waals surface area contributed by atoms with E-state index in [1.54, 1.807) is 13.8 Å². The molecule has 0 aliphatic heterocycles. The molecule has 0 fully saturated rings. The van der Waals surface area contributed by atoms with Crippen molar-refractivity contribution in [1.29, 1.82) is 0 Å². The molecule has 0 heterocycles. The largest absolute Gasteiger partial charge is 0.465 e. The van der Waals surface area contributed by atoms with Crippen LogP contribution in [0.3, 0.4) is 0 Å². The van der Waals surface area contributed by atoms with Crippen molar-refractivity contribution in [3.63, 3.8) is 0 Å². The van der Waals surface area contributed by atoms with Crippen LogP contribution in [0.25, 0.3) is 0 Å². The molecule has 0 bridgehead atoms. The van der Waals surface area contributed by atoms with Gasteiger partial charge in [-0.2, -0.15) is 0 Å². The summed E-state index contributed by atoms with van der Waals surface area (Å²) in [5, 5.41) is 0. The van der Waals surface area contributed by atoms with Gasteiger partial charge in [0.25, 0.3) is 0 Å². The van der Waals surface area contributed by atoms with E-state index in [1.165, 1.54) is 0 Å². The van der Waals surface area contributed by atoms with Gasteiger partial charge in [-0.3, -0.25) is 9.59 Å². The van der Waals surface area contributed by atoms with Crippen molar-refractivity contribution in [2.24, 2.45) is 5.92 Å². The third-order valence-corrected chi connectivity index (χ3v) is 2.00. The van der Waals surface area contributed by atoms with E-state index in [2.05, 4.69) is 6.58 Å². The summed E-state index contributed by atoms with van der Waals surface area (Å²) in [5.41, 5.74) is 0.929. The Hall–Kier alpha value is -1.32. The number of allylic oxidation sites excluding steroid dienone is 1. The number of rotatable bonds is 7. The fraction of sp³-hybridized carbons (Fsp3) is 0.667. The number of esters is 2. The van der Waals surface area contributed by atoms with E-state index >= 15 is 0 Å². The summed E-state index contributed by atoms with van der Waals surface area (Å²) in [6.07, 6.45) is 1.01. The van der Waals surface area contributed by atoms with Gasteiger partial charge in [0.2, 0.25) is 0 Å². The smallest absolute Gasteiger partial charge is 0.320 e. The van der Waals surface area contributed by atoms with Crippen LogP contribution in [0.4, 0.5) is 0 Å². The van der Waals surface area contributed by atoms with Crippen LogP contribution in [-0.2, 0) is 19.1 Å². The molecular formula is C12H20O4. The standard InChI is InChI=1S/C12H20O4/c1-5-15-11(13)10(8-7-9(3)4)12(14)16-6-2/h10H,3,5-8H2,1-2,4H3. The molecule has 0 aromatic rings. The summed E-state index contributed by atoms with van der Waals surface area (Å²) in [7, 11) is 0. The minimum Gasteiger partial charge on any atom is -0.465 e. The average Bonchev–Trinajstić information content (AvgIpc) is 2.18. The third-order valence-electron chi connectivity index (χ3n) is 2.00. The molecule has 4 nitrogen and oxygen atoms in total. The summed E-state index contributed by atoms with van der Waals surface area (Å²) in [6.45, 7) is 9.53. The van der Waals surface area contributed by atoms with Crippen molar-refractivity contribution >= 4 is 11.9 Å². The van der Waals surface area contributed by atoms with Crippen LogP contribution in [0.5, 0.6) is 0 Å². The quantitative estimate of drug-likeness (QED) is 0.380. The zero-order chi connectivity index (χ0) is 12.6. The summed E-state index contributed by atoms with van der Waals surface area (Å²) >= 11 is 0. The first-order valence-corrected chi connectivity index (χ1v) is 5.50. The van der Waals surface area contributed by atoms with Gasteiger partial charge >= 0.3 is 11.9 Å². The summed E-state index contributed by atoms with van der Waals surface area (Å²) < 4.78 is 9.67. The van der Waals surface area contributed by atoms with Crippen LogP contribution >= 0.6 is 0 Å². The molecule has 0 amide bonds. The number of hydrogen-bond acceptors (Lipinski definition) is 4. The Morgan fingerprint density at radius 2 is 1.56 bits per heavy atom. The fourth-order valence-corrected chi connectivity index (χ4v) is 1.21. The first-order chi connectivity index (χ1) is 7.52. The molecule has 0 aromatic heterocycles. The normalized spacial score (nSPS) is 10.0. The lowest BCUT2D eigenvalue weighted by atomic mass is 10.0. The van der Waals surface area contributed by atoms with Gasteiger partial charge in [-0.15, -0.1) is 6.58 Å². The molecule has 16 heavy (non-hydrogen) atoms. The predicted octanol–water partition coefficient (Wildman–Crippen LogP) is 2.09. The van der Waals surface area contributed by atoms with Gasteiger partial charge in [-0.25, -0.2) is 0 Å². The van der Waals surface area contributed by atoms with Crippen molar-refractivity contribution in [1.82, 2.24) is 0 Å². The second-order valence-corrected chi connectivity index (χ2v) is 3.55. The molecule has 0 spiro atoms. The summed E-state index contributed by atoms with van der Waals surface area (Å²) in [5.74, 6) is -1.85.